The van der Waals surface area contributed by atoms with Crippen LogP contribution in [0.4, 0.5) is 0 Å². The van der Waals surface area contributed by atoms with Gasteiger partial charge < -0.3 is 14.2 Å². The van der Waals surface area contributed by atoms with Gasteiger partial charge in [-0.3, -0.25) is 9.59 Å². The molecule has 152 valence electrons. The molecule has 0 bridgehead atoms. The van der Waals surface area contributed by atoms with Gasteiger partial charge in [-0.15, -0.1) is 0 Å². The van der Waals surface area contributed by atoms with E-state index in [-0.39, 0.29) is 12.4 Å². The molecule has 29 heavy (non-hydrogen) atoms. The fourth-order valence-corrected chi connectivity index (χ4v) is 3.85. The SMILES string of the molecule is CCOC(=O)[C@@H]1C(=O)C=C(c2cccc(C)c2)C[C@H]1c1cc(OC)ccc1OC. The van der Waals surface area contributed by atoms with Crippen molar-refractivity contribution >= 4 is 17.3 Å². The molecule has 2 aromatic rings. The third-order valence-corrected chi connectivity index (χ3v) is 5.23. The summed E-state index contributed by atoms with van der Waals surface area (Å²) in [6.45, 7) is 3.97. The topological polar surface area (TPSA) is 61.8 Å². The molecule has 0 aliphatic heterocycles. The first-order chi connectivity index (χ1) is 14.0. The predicted molar refractivity (Wildman–Crippen MR) is 111 cm³/mol. The van der Waals surface area contributed by atoms with Gasteiger partial charge in [0.2, 0.25) is 0 Å². The second-order valence-corrected chi connectivity index (χ2v) is 7.09. The van der Waals surface area contributed by atoms with Crippen LogP contribution < -0.4 is 9.47 Å². The first-order valence-electron chi connectivity index (χ1n) is 9.68. The van der Waals surface area contributed by atoms with Crippen LogP contribution in [-0.2, 0) is 14.3 Å². The Morgan fingerprint density at radius 1 is 1.10 bits per heavy atom. The third kappa shape index (κ3) is 4.34. The average molecular weight is 394 g/mol. The lowest BCUT2D eigenvalue weighted by atomic mass is 9.73. The van der Waals surface area contributed by atoms with Crippen molar-refractivity contribution in [1.82, 2.24) is 0 Å². The molecular weight excluding hydrogens is 368 g/mol. The lowest BCUT2D eigenvalue weighted by Gasteiger charge is -2.30. The molecule has 5 heteroatoms. The van der Waals surface area contributed by atoms with E-state index in [9.17, 15) is 9.59 Å². The number of carbonyl (C=O) groups excluding carboxylic acids is 2. The standard InChI is InChI=1S/C24H26O5/c1-5-29-24(26)23-20(19-14-18(27-3)9-10-22(19)28-4)12-17(13-21(23)25)16-8-6-7-15(2)11-16/h6-11,13-14,20,23H,5,12H2,1-4H3/t20-,23-/m0/s1. The van der Waals surface area contributed by atoms with Gasteiger partial charge >= 0.3 is 5.97 Å². The van der Waals surface area contributed by atoms with Crippen molar-refractivity contribution in [1.29, 1.82) is 0 Å². The van der Waals surface area contributed by atoms with Gasteiger partial charge in [0.25, 0.3) is 0 Å². The van der Waals surface area contributed by atoms with E-state index in [0.717, 1.165) is 22.3 Å². The number of hydrogen-bond acceptors (Lipinski definition) is 5. The highest BCUT2D eigenvalue weighted by Crippen LogP contribution is 2.44. The Morgan fingerprint density at radius 3 is 2.55 bits per heavy atom. The Hall–Kier alpha value is -3.08. The van der Waals surface area contributed by atoms with Crippen molar-refractivity contribution in [3.63, 3.8) is 0 Å². The Kier molecular flexibility index (Phi) is 6.37. The maximum Gasteiger partial charge on any atom is 0.317 e. The minimum Gasteiger partial charge on any atom is -0.497 e. The number of ketones is 1. The van der Waals surface area contributed by atoms with E-state index in [2.05, 4.69) is 0 Å². The van der Waals surface area contributed by atoms with Crippen LogP contribution in [0.3, 0.4) is 0 Å². The molecule has 0 amide bonds. The average Bonchev–Trinajstić information content (AvgIpc) is 2.72. The van der Waals surface area contributed by atoms with Crippen LogP contribution in [0.5, 0.6) is 11.5 Å². The first-order valence-corrected chi connectivity index (χ1v) is 9.68. The summed E-state index contributed by atoms with van der Waals surface area (Å²) in [6, 6.07) is 13.4. The summed E-state index contributed by atoms with van der Waals surface area (Å²) in [5.41, 5.74) is 3.75. The second kappa shape index (κ2) is 8.95. The molecule has 0 N–H and O–H groups in total. The van der Waals surface area contributed by atoms with Gasteiger partial charge in [0.05, 0.1) is 20.8 Å². The van der Waals surface area contributed by atoms with Crippen LogP contribution in [0.15, 0.2) is 48.5 Å². The number of hydrogen-bond donors (Lipinski definition) is 0. The van der Waals surface area contributed by atoms with Crippen molar-refractivity contribution in [2.75, 3.05) is 20.8 Å². The van der Waals surface area contributed by atoms with Crippen molar-refractivity contribution in [2.24, 2.45) is 5.92 Å². The third-order valence-electron chi connectivity index (χ3n) is 5.23. The summed E-state index contributed by atoms with van der Waals surface area (Å²) in [7, 11) is 3.16. The van der Waals surface area contributed by atoms with E-state index in [4.69, 9.17) is 14.2 Å². The van der Waals surface area contributed by atoms with Crippen LogP contribution in [0.1, 0.15) is 36.0 Å². The highest BCUT2D eigenvalue weighted by atomic mass is 16.5. The number of ether oxygens (including phenoxy) is 3. The lowest BCUT2D eigenvalue weighted by Crippen LogP contribution is -2.34. The van der Waals surface area contributed by atoms with E-state index < -0.39 is 17.8 Å². The lowest BCUT2D eigenvalue weighted by molar-refractivity contribution is -0.151. The van der Waals surface area contributed by atoms with Gasteiger partial charge in [-0.05, 0) is 55.7 Å². The fraction of sp³-hybridized carbons (Fsp3) is 0.333. The van der Waals surface area contributed by atoms with Crippen molar-refractivity contribution in [2.45, 2.75) is 26.2 Å². The summed E-state index contributed by atoms with van der Waals surface area (Å²) < 4.78 is 16.1. The molecule has 5 nitrogen and oxygen atoms in total. The maximum atomic E-state index is 13.1. The van der Waals surface area contributed by atoms with E-state index in [1.54, 1.807) is 39.4 Å². The van der Waals surface area contributed by atoms with Crippen LogP contribution in [0.25, 0.3) is 5.57 Å². The molecule has 3 rings (SSSR count). The molecule has 0 unspecified atom stereocenters. The molecule has 0 saturated carbocycles. The molecule has 1 aliphatic carbocycles. The number of esters is 1. The predicted octanol–water partition coefficient (Wildman–Crippen LogP) is 4.33. The Balaban J connectivity index is 2.12. The smallest absolute Gasteiger partial charge is 0.317 e. The molecule has 0 heterocycles. The van der Waals surface area contributed by atoms with Gasteiger partial charge in [-0.1, -0.05) is 29.8 Å². The van der Waals surface area contributed by atoms with Gasteiger partial charge in [-0.2, -0.15) is 0 Å². The van der Waals surface area contributed by atoms with Gasteiger partial charge in [0.15, 0.2) is 5.78 Å². The zero-order chi connectivity index (χ0) is 21.0. The highest BCUT2D eigenvalue weighted by molar-refractivity contribution is 6.10. The van der Waals surface area contributed by atoms with E-state index in [0.29, 0.717) is 17.9 Å². The molecule has 0 fully saturated rings. The number of benzene rings is 2. The molecule has 0 aromatic heterocycles. The van der Waals surface area contributed by atoms with E-state index in [1.165, 1.54) is 0 Å². The number of aryl methyl sites for hydroxylation is 1. The molecule has 0 radical (unpaired) electrons. The molecule has 2 atom stereocenters. The van der Waals surface area contributed by atoms with E-state index >= 15 is 0 Å². The minimum absolute atomic E-state index is 0.221. The van der Waals surface area contributed by atoms with Crippen LogP contribution in [-0.4, -0.2) is 32.6 Å². The van der Waals surface area contributed by atoms with Crippen molar-refractivity contribution in [3.05, 3.63) is 65.2 Å². The van der Waals surface area contributed by atoms with Gasteiger partial charge in [0, 0.05) is 11.5 Å². The van der Waals surface area contributed by atoms with E-state index in [1.807, 2.05) is 37.3 Å². The zero-order valence-corrected chi connectivity index (χ0v) is 17.2. The summed E-state index contributed by atoms with van der Waals surface area (Å²) >= 11 is 0. The number of carbonyl (C=O) groups is 2. The summed E-state index contributed by atoms with van der Waals surface area (Å²) in [5, 5.41) is 0. The minimum atomic E-state index is -0.912. The molecule has 0 saturated heterocycles. The Morgan fingerprint density at radius 2 is 1.90 bits per heavy atom. The quantitative estimate of drug-likeness (QED) is 0.539. The molecular formula is C24H26O5. The number of rotatable bonds is 6. The van der Waals surface area contributed by atoms with Crippen LogP contribution in [0.2, 0.25) is 0 Å². The van der Waals surface area contributed by atoms with Crippen molar-refractivity contribution in [3.8, 4) is 11.5 Å². The number of methoxy groups -OCH3 is 2. The molecule has 1 aliphatic rings. The fourth-order valence-electron chi connectivity index (χ4n) is 3.85. The molecule has 2 aromatic carbocycles. The Labute approximate surface area is 171 Å². The summed E-state index contributed by atoms with van der Waals surface area (Å²) in [5.74, 6) is -0.824. The van der Waals surface area contributed by atoms with Crippen LogP contribution in [0, 0.1) is 12.8 Å². The molecule has 0 spiro atoms. The summed E-state index contributed by atoms with van der Waals surface area (Å²) in [4.78, 5) is 25.8. The Bertz CT molecular complexity index is 944. The van der Waals surface area contributed by atoms with Crippen LogP contribution >= 0.6 is 0 Å². The van der Waals surface area contributed by atoms with Gasteiger partial charge in [0.1, 0.15) is 17.4 Å². The normalized spacial score (nSPS) is 18.8. The first kappa shape index (κ1) is 20.6. The number of allylic oxidation sites excluding steroid dienone is 2. The van der Waals surface area contributed by atoms with Crippen molar-refractivity contribution < 1.29 is 23.8 Å². The monoisotopic (exact) mass is 394 g/mol. The largest absolute Gasteiger partial charge is 0.497 e. The maximum absolute atomic E-state index is 13.1. The zero-order valence-electron chi connectivity index (χ0n) is 17.2. The summed E-state index contributed by atoms with van der Waals surface area (Å²) in [6.07, 6.45) is 2.10. The second-order valence-electron chi connectivity index (χ2n) is 7.09. The highest BCUT2D eigenvalue weighted by Gasteiger charge is 2.41. The van der Waals surface area contributed by atoms with Gasteiger partial charge in [-0.25, -0.2) is 0 Å².